The van der Waals surface area contributed by atoms with Gasteiger partial charge >= 0.3 is 6.18 Å². The van der Waals surface area contributed by atoms with E-state index in [1.807, 2.05) is 13.2 Å². The average molecular weight is 294 g/mol. The molecule has 0 aliphatic heterocycles. The summed E-state index contributed by atoms with van der Waals surface area (Å²) >= 11 is 1.69. The van der Waals surface area contributed by atoms with Crippen LogP contribution in [-0.4, -0.2) is 23.5 Å². The number of nitrogen functional groups attached to an aromatic ring is 1. The number of nitrogens with zero attached hydrogens (tertiary/aromatic N) is 1. The molecule has 0 spiro atoms. The largest absolute Gasteiger partial charge is 0.416 e. The Kier molecular flexibility index (Phi) is 5.74. The third-order valence-electron chi connectivity index (χ3n) is 2.38. The van der Waals surface area contributed by atoms with Crippen LogP contribution in [0.15, 0.2) is 12.1 Å². The Labute approximate surface area is 114 Å². The van der Waals surface area contributed by atoms with E-state index >= 15 is 0 Å². The van der Waals surface area contributed by atoms with Crippen molar-refractivity contribution in [3.8, 4) is 0 Å². The molecule has 1 heterocycles. The number of aromatic nitrogens is 1. The lowest BCUT2D eigenvalue weighted by molar-refractivity contribution is -0.137. The molecule has 0 saturated carbocycles. The lowest BCUT2D eigenvalue weighted by Gasteiger charge is -2.14. The first-order valence-electron chi connectivity index (χ1n) is 5.65. The Balaban J connectivity index is 2.83. The minimum Gasteiger partial charge on any atom is -0.370 e. The number of hydrazine groups is 1. The van der Waals surface area contributed by atoms with Gasteiger partial charge in [-0.15, -0.1) is 0 Å². The van der Waals surface area contributed by atoms with Crippen LogP contribution in [-0.2, 0) is 6.18 Å². The van der Waals surface area contributed by atoms with Crippen molar-refractivity contribution in [1.29, 1.82) is 0 Å². The van der Waals surface area contributed by atoms with Crippen molar-refractivity contribution in [3.05, 3.63) is 17.7 Å². The number of hydrogen-bond acceptors (Lipinski definition) is 5. The highest BCUT2D eigenvalue weighted by atomic mass is 32.2. The summed E-state index contributed by atoms with van der Waals surface area (Å²) in [5, 5.41) is 2.90. The van der Waals surface area contributed by atoms with Gasteiger partial charge in [0.2, 0.25) is 0 Å². The molecular weight excluding hydrogens is 277 g/mol. The maximum Gasteiger partial charge on any atom is 0.416 e. The molecule has 0 aromatic carbocycles. The van der Waals surface area contributed by atoms with Gasteiger partial charge in [-0.05, 0) is 30.1 Å². The first kappa shape index (κ1) is 15.9. The standard InChI is InChI=1S/C11H17F3N4S/c1-7(6-19-2)5-16-9-3-8(11(12,13)14)4-10(17-9)18-15/h3-4,7H,5-6,15H2,1-2H3,(H2,16,17,18). The van der Waals surface area contributed by atoms with Gasteiger partial charge < -0.3 is 10.7 Å². The fourth-order valence-electron chi connectivity index (χ4n) is 1.48. The Bertz CT molecular complexity index is 411. The van der Waals surface area contributed by atoms with E-state index in [1.54, 1.807) is 11.8 Å². The summed E-state index contributed by atoms with van der Waals surface area (Å²) in [5.74, 6) is 6.53. The quantitative estimate of drug-likeness (QED) is 0.556. The molecule has 19 heavy (non-hydrogen) atoms. The Hall–Kier alpha value is -1.15. The summed E-state index contributed by atoms with van der Waals surface area (Å²) in [5.41, 5.74) is 1.36. The third-order valence-corrected chi connectivity index (χ3v) is 3.29. The van der Waals surface area contributed by atoms with E-state index < -0.39 is 11.7 Å². The molecule has 0 aliphatic carbocycles. The lowest BCUT2D eigenvalue weighted by atomic mass is 10.2. The molecule has 108 valence electrons. The van der Waals surface area contributed by atoms with Crippen molar-refractivity contribution in [2.75, 3.05) is 29.3 Å². The van der Waals surface area contributed by atoms with Gasteiger partial charge in [-0.2, -0.15) is 24.9 Å². The number of alkyl halides is 3. The number of nitrogens with one attached hydrogen (secondary N) is 2. The van der Waals surface area contributed by atoms with Gasteiger partial charge in [0.1, 0.15) is 11.6 Å². The van der Waals surface area contributed by atoms with E-state index in [1.165, 1.54) is 0 Å². The normalized spacial score (nSPS) is 13.2. The van der Waals surface area contributed by atoms with Gasteiger partial charge in [0, 0.05) is 6.54 Å². The number of halogens is 3. The van der Waals surface area contributed by atoms with Gasteiger partial charge in [-0.1, -0.05) is 6.92 Å². The molecule has 1 atom stereocenters. The van der Waals surface area contributed by atoms with Gasteiger partial charge in [-0.25, -0.2) is 10.8 Å². The van der Waals surface area contributed by atoms with Crippen LogP contribution >= 0.6 is 11.8 Å². The molecule has 1 rings (SSSR count). The van der Waals surface area contributed by atoms with Crippen molar-refractivity contribution in [1.82, 2.24) is 4.98 Å². The fraction of sp³-hybridized carbons (Fsp3) is 0.545. The number of pyridine rings is 1. The molecule has 4 N–H and O–H groups in total. The number of thioether (sulfide) groups is 1. The topological polar surface area (TPSA) is 63.0 Å². The Morgan fingerprint density at radius 3 is 2.53 bits per heavy atom. The van der Waals surface area contributed by atoms with Crippen LogP contribution in [0.5, 0.6) is 0 Å². The van der Waals surface area contributed by atoms with Gasteiger partial charge in [-0.3, -0.25) is 0 Å². The molecule has 8 heteroatoms. The predicted octanol–water partition coefficient (Wildman–Crippen LogP) is 2.80. The molecule has 1 aromatic rings. The lowest BCUT2D eigenvalue weighted by Crippen LogP contribution is -2.17. The number of hydrogen-bond donors (Lipinski definition) is 3. The van der Waals surface area contributed by atoms with E-state index in [-0.39, 0.29) is 11.6 Å². The van der Waals surface area contributed by atoms with Gasteiger partial charge in [0.15, 0.2) is 0 Å². The first-order valence-corrected chi connectivity index (χ1v) is 7.05. The fourth-order valence-corrected chi connectivity index (χ4v) is 2.17. The highest BCUT2D eigenvalue weighted by Crippen LogP contribution is 2.31. The zero-order valence-corrected chi connectivity index (χ0v) is 11.5. The van der Waals surface area contributed by atoms with Gasteiger partial charge in [0.25, 0.3) is 0 Å². The summed E-state index contributed by atoms with van der Waals surface area (Å²) < 4.78 is 38.0. The molecule has 0 aliphatic rings. The summed E-state index contributed by atoms with van der Waals surface area (Å²) in [4.78, 5) is 3.94. The number of nitrogens with two attached hydrogens (primary N) is 1. The molecular formula is C11H17F3N4S. The average Bonchev–Trinajstić information content (AvgIpc) is 2.35. The van der Waals surface area contributed by atoms with Crippen LogP contribution in [0.2, 0.25) is 0 Å². The van der Waals surface area contributed by atoms with Crippen molar-refractivity contribution < 1.29 is 13.2 Å². The zero-order chi connectivity index (χ0) is 14.5. The van der Waals surface area contributed by atoms with Crippen molar-refractivity contribution in [3.63, 3.8) is 0 Å². The van der Waals surface area contributed by atoms with E-state index in [0.717, 1.165) is 17.9 Å². The minimum absolute atomic E-state index is 0.0187. The number of rotatable bonds is 6. The van der Waals surface area contributed by atoms with Crippen molar-refractivity contribution >= 4 is 23.4 Å². The second-order valence-corrected chi connectivity index (χ2v) is 5.12. The van der Waals surface area contributed by atoms with E-state index in [0.29, 0.717) is 12.5 Å². The summed E-state index contributed by atoms with van der Waals surface area (Å²) in [6.07, 6.45) is -2.44. The van der Waals surface area contributed by atoms with Crippen LogP contribution < -0.4 is 16.6 Å². The molecule has 1 aromatic heterocycles. The van der Waals surface area contributed by atoms with E-state index in [9.17, 15) is 13.2 Å². The van der Waals surface area contributed by atoms with E-state index in [4.69, 9.17) is 5.84 Å². The summed E-state index contributed by atoms with van der Waals surface area (Å²) in [7, 11) is 0. The predicted molar refractivity (Wildman–Crippen MR) is 73.1 cm³/mol. The molecule has 1 unspecified atom stereocenters. The summed E-state index contributed by atoms with van der Waals surface area (Å²) in [6, 6.07) is 1.85. The summed E-state index contributed by atoms with van der Waals surface area (Å²) in [6.45, 7) is 2.57. The second-order valence-electron chi connectivity index (χ2n) is 4.21. The van der Waals surface area contributed by atoms with Crippen LogP contribution in [0.4, 0.5) is 24.8 Å². The maximum absolute atomic E-state index is 12.7. The van der Waals surface area contributed by atoms with Crippen LogP contribution in [0.3, 0.4) is 0 Å². The van der Waals surface area contributed by atoms with Crippen molar-refractivity contribution in [2.24, 2.45) is 11.8 Å². The van der Waals surface area contributed by atoms with E-state index in [2.05, 4.69) is 15.7 Å². The highest BCUT2D eigenvalue weighted by Gasteiger charge is 2.31. The van der Waals surface area contributed by atoms with Crippen LogP contribution in [0, 0.1) is 5.92 Å². The molecule has 0 bridgehead atoms. The first-order chi connectivity index (χ1) is 8.86. The molecule has 0 saturated heterocycles. The number of anilines is 2. The zero-order valence-electron chi connectivity index (χ0n) is 10.7. The highest BCUT2D eigenvalue weighted by molar-refractivity contribution is 7.98. The Morgan fingerprint density at radius 2 is 2.00 bits per heavy atom. The second kappa shape index (κ2) is 6.85. The molecule has 0 fully saturated rings. The monoisotopic (exact) mass is 294 g/mol. The molecule has 0 amide bonds. The van der Waals surface area contributed by atoms with Gasteiger partial charge in [0.05, 0.1) is 5.56 Å². The molecule has 0 radical (unpaired) electrons. The SMILES string of the molecule is CSCC(C)CNc1cc(C(F)(F)F)cc(NN)n1. The minimum atomic E-state index is -4.42. The smallest absolute Gasteiger partial charge is 0.370 e. The Morgan fingerprint density at radius 1 is 1.37 bits per heavy atom. The van der Waals surface area contributed by atoms with Crippen LogP contribution in [0.25, 0.3) is 0 Å². The van der Waals surface area contributed by atoms with Crippen molar-refractivity contribution in [2.45, 2.75) is 13.1 Å². The maximum atomic E-state index is 12.7. The third kappa shape index (κ3) is 5.15. The van der Waals surface area contributed by atoms with Crippen LogP contribution in [0.1, 0.15) is 12.5 Å². The molecule has 4 nitrogen and oxygen atoms in total.